The van der Waals surface area contributed by atoms with E-state index in [1.54, 1.807) is 20.8 Å². The monoisotopic (exact) mass is 566 g/mol. The molecule has 5 atom stereocenters. The molecule has 0 unspecified atom stereocenters. The molecule has 2 aliphatic carbocycles. The van der Waals surface area contributed by atoms with Gasteiger partial charge in [-0.3, -0.25) is 23.9 Å². The summed E-state index contributed by atoms with van der Waals surface area (Å²) >= 11 is 0. The van der Waals surface area contributed by atoms with Gasteiger partial charge in [-0.1, -0.05) is 25.0 Å². The molecular formula is C28H42N2O8S. The van der Waals surface area contributed by atoms with E-state index in [-0.39, 0.29) is 43.4 Å². The van der Waals surface area contributed by atoms with E-state index in [0.717, 1.165) is 25.7 Å². The van der Waals surface area contributed by atoms with Gasteiger partial charge in [0.05, 0.1) is 29.2 Å². The summed E-state index contributed by atoms with van der Waals surface area (Å²) in [7, 11) is -3.78. The summed E-state index contributed by atoms with van der Waals surface area (Å²) in [6.07, 6.45) is 7.71. The molecule has 2 heterocycles. The lowest BCUT2D eigenvalue weighted by molar-refractivity contribution is -0.159. The summed E-state index contributed by atoms with van der Waals surface area (Å²) < 4.78 is 32.7. The number of allylic oxidation sites excluding steroid dienone is 2. The fourth-order valence-electron chi connectivity index (χ4n) is 5.84. The first-order valence-electron chi connectivity index (χ1n) is 14.2. The number of nitrogens with one attached hydrogen (secondary N) is 1. The third-order valence-electron chi connectivity index (χ3n) is 8.18. The molecule has 0 radical (unpaired) electrons. The number of ketones is 1. The Balaban J connectivity index is 1.57. The van der Waals surface area contributed by atoms with E-state index in [4.69, 9.17) is 4.74 Å². The minimum absolute atomic E-state index is 0.0291. The molecule has 4 rings (SSSR count). The van der Waals surface area contributed by atoms with E-state index < -0.39 is 56.2 Å². The Hall–Kier alpha value is -2.27. The molecule has 11 heteroatoms. The van der Waals surface area contributed by atoms with Gasteiger partial charge in [0, 0.05) is 25.3 Å². The minimum atomic E-state index is -3.78. The van der Waals surface area contributed by atoms with E-state index in [0.29, 0.717) is 25.7 Å². The maximum atomic E-state index is 13.7. The summed E-state index contributed by atoms with van der Waals surface area (Å²) in [5.74, 6) is -2.85. The molecule has 2 N–H and O–H groups in total. The highest BCUT2D eigenvalue weighted by atomic mass is 32.2. The van der Waals surface area contributed by atoms with Crippen molar-refractivity contribution >= 4 is 33.6 Å². The van der Waals surface area contributed by atoms with Gasteiger partial charge < -0.3 is 14.7 Å². The van der Waals surface area contributed by atoms with E-state index in [1.807, 2.05) is 12.2 Å². The van der Waals surface area contributed by atoms with Crippen LogP contribution in [-0.4, -0.2) is 71.5 Å². The maximum absolute atomic E-state index is 13.7. The predicted molar refractivity (Wildman–Crippen MR) is 143 cm³/mol. The Labute approximate surface area is 231 Å². The number of aliphatic hydroxyl groups is 1. The van der Waals surface area contributed by atoms with Gasteiger partial charge >= 0.3 is 5.97 Å². The van der Waals surface area contributed by atoms with Crippen LogP contribution in [0.25, 0.3) is 0 Å². The standard InChI is InChI=1S/C28H42N2O8S/c1-27(2,3)38-24(33)13-18-9-7-5-4-6-8-10-19-15-28(19,26(35)29-39(36,37)21-11-12-21)16-23(32)22-14-20(31)17-30(22)25(18)34/h8,10,18-22,31H,4-7,9,11-17H2,1-3H3,(H,29,35)/b10-8-/t18-,19-,20-,22+,28-/m1/s1. The number of aliphatic hydroxyl groups excluding tert-OH is 1. The van der Waals surface area contributed by atoms with Crippen LogP contribution >= 0.6 is 0 Å². The molecular weight excluding hydrogens is 524 g/mol. The zero-order valence-electron chi connectivity index (χ0n) is 23.2. The van der Waals surface area contributed by atoms with Crippen LogP contribution in [0.5, 0.6) is 0 Å². The Morgan fingerprint density at radius 1 is 1.15 bits per heavy atom. The van der Waals surface area contributed by atoms with Crippen LogP contribution in [0.15, 0.2) is 12.2 Å². The molecule has 10 nitrogen and oxygen atoms in total. The number of hydrogen-bond acceptors (Lipinski definition) is 8. The number of carbonyl (C=O) groups excluding carboxylic acids is 4. The molecule has 2 amide bonds. The normalized spacial score (nSPS) is 33.3. The average molecular weight is 567 g/mol. The first kappa shape index (κ1) is 29.7. The molecule has 0 aromatic heterocycles. The summed E-state index contributed by atoms with van der Waals surface area (Å²) in [6, 6.07) is -0.936. The van der Waals surface area contributed by atoms with E-state index in [1.165, 1.54) is 4.90 Å². The van der Waals surface area contributed by atoms with Crippen LogP contribution in [0.2, 0.25) is 0 Å². The second-order valence-corrected chi connectivity index (χ2v) is 14.7. The number of Topliss-reactive ketones (excluding diaryl/α,β-unsaturated/α-hetero) is 1. The number of ether oxygens (including phenoxy) is 1. The molecule has 0 spiro atoms. The lowest BCUT2D eigenvalue weighted by Crippen LogP contribution is -2.46. The largest absolute Gasteiger partial charge is 0.460 e. The second kappa shape index (κ2) is 11.3. The zero-order valence-corrected chi connectivity index (χ0v) is 24.0. The van der Waals surface area contributed by atoms with Crippen molar-refractivity contribution in [3.05, 3.63) is 12.2 Å². The lowest BCUT2D eigenvalue weighted by atomic mass is 9.90. The fourth-order valence-corrected chi connectivity index (χ4v) is 7.22. The summed E-state index contributed by atoms with van der Waals surface area (Å²) in [5, 5.41) is 9.88. The van der Waals surface area contributed by atoms with Crippen LogP contribution in [0.4, 0.5) is 0 Å². The Morgan fingerprint density at radius 2 is 1.87 bits per heavy atom. The van der Waals surface area contributed by atoms with Gasteiger partial charge in [0.1, 0.15) is 5.60 Å². The number of rotatable bonds is 5. The SMILES string of the molecule is CC(C)(C)OC(=O)C[C@H]1CCCCC/C=C\[C@@H]2C[C@@]2(C(=O)NS(=O)(=O)C2CC2)CC(=O)[C@@H]2C[C@@H](O)CN2C1=O. The predicted octanol–water partition coefficient (Wildman–Crippen LogP) is 2.39. The number of hydrogen-bond donors (Lipinski definition) is 2. The molecule has 0 aromatic rings. The van der Waals surface area contributed by atoms with Crippen molar-refractivity contribution in [1.29, 1.82) is 0 Å². The molecule has 1 saturated heterocycles. The van der Waals surface area contributed by atoms with Crippen molar-refractivity contribution in [3.8, 4) is 0 Å². The highest BCUT2D eigenvalue weighted by Gasteiger charge is 2.61. The van der Waals surface area contributed by atoms with E-state index in [9.17, 15) is 32.7 Å². The third kappa shape index (κ3) is 7.28. The van der Waals surface area contributed by atoms with Crippen molar-refractivity contribution in [3.63, 3.8) is 0 Å². The number of esters is 1. The fraction of sp³-hybridized carbons (Fsp3) is 0.786. The summed E-state index contributed by atoms with van der Waals surface area (Å²) in [6.45, 7) is 5.25. The van der Waals surface area contributed by atoms with Crippen molar-refractivity contribution in [1.82, 2.24) is 9.62 Å². The number of nitrogens with zero attached hydrogens (tertiary/aromatic N) is 1. The van der Waals surface area contributed by atoms with Crippen LogP contribution in [0.1, 0.15) is 91.4 Å². The molecule has 39 heavy (non-hydrogen) atoms. The Morgan fingerprint density at radius 3 is 2.54 bits per heavy atom. The van der Waals surface area contributed by atoms with Crippen molar-refractivity contribution in [2.45, 2.75) is 114 Å². The molecule has 4 aliphatic rings. The smallest absolute Gasteiger partial charge is 0.307 e. The molecule has 0 aromatic carbocycles. The van der Waals surface area contributed by atoms with Crippen LogP contribution in [0, 0.1) is 17.3 Å². The van der Waals surface area contributed by atoms with Gasteiger partial charge in [-0.15, -0.1) is 0 Å². The van der Waals surface area contributed by atoms with Gasteiger partial charge in [0.15, 0.2) is 5.78 Å². The number of sulfonamides is 1. The van der Waals surface area contributed by atoms with Crippen molar-refractivity contribution in [2.75, 3.05) is 6.54 Å². The molecule has 2 saturated carbocycles. The zero-order chi connectivity index (χ0) is 28.6. The van der Waals surface area contributed by atoms with Crippen molar-refractivity contribution in [2.24, 2.45) is 17.3 Å². The minimum Gasteiger partial charge on any atom is -0.460 e. The van der Waals surface area contributed by atoms with Crippen LogP contribution in [-0.2, 0) is 33.9 Å². The van der Waals surface area contributed by atoms with Crippen LogP contribution in [0.3, 0.4) is 0 Å². The van der Waals surface area contributed by atoms with Gasteiger partial charge in [-0.25, -0.2) is 8.42 Å². The highest BCUT2D eigenvalue weighted by molar-refractivity contribution is 7.90. The first-order valence-corrected chi connectivity index (χ1v) is 15.7. The number of fused-ring (bicyclic) bond motifs is 2. The molecule has 218 valence electrons. The van der Waals surface area contributed by atoms with Crippen molar-refractivity contribution < 1.29 is 37.4 Å². The second-order valence-electron chi connectivity index (χ2n) is 12.7. The molecule has 2 aliphatic heterocycles. The van der Waals surface area contributed by atoms with Gasteiger partial charge in [-0.05, 0) is 65.2 Å². The van der Waals surface area contributed by atoms with Gasteiger partial charge in [0.2, 0.25) is 21.8 Å². The van der Waals surface area contributed by atoms with Gasteiger partial charge in [0.25, 0.3) is 0 Å². The molecule has 3 fully saturated rings. The number of carbonyl (C=O) groups is 4. The first-order chi connectivity index (χ1) is 18.2. The molecule has 0 bridgehead atoms. The highest BCUT2D eigenvalue weighted by Crippen LogP contribution is 2.57. The summed E-state index contributed by atoms with van der Waals surface area (Å²) in [4.78, 5) is 54.7. The third-order valence-corrected chi connectivity index (χ3v) is 10.0. The maximum Gasteiger partial charge on any atom is 0.307 e. The van der Waals surface area contributed by atoms with E-state index in [2.05, 4.69) is 4.72 Å². The lowest BCUT2D eigenvalue weighted by Gasteiger charge is -2.29. The topological polar surface area (TPSA) is 147 Å². The average Bonchev–Trinajstić information content (AvgIpc) is 3.73. The Kier molecular flexibility index (Phi) is 8.61. The Bertz CT molecular complexity index is 1120. The quantitative estimate of drug-likeness (QED) is 0.381. The van der Waals surface area contributed by atoms with Crippen LogP contribution < -0.4 is 4.72 Å². The number of amides is 2. The van der Waals surface area contributed by atoms with E-state index >= 15 is 0 Å². The summed E-state index contributed by atoms with van der Waals surface area (Å²) in [5.41, 5.74) is -1.88. The van der Waals surface area contributed by atoms with Gasteiger partial charge in [-0.2, -0.15) is 0 Å².